The van der Waals surface area contributed by atoms with E-state index in [-0.39, 0.29) is 12.2 Å². The minimum atomic E-state index is -0.0730. The summed E-state index contributed by atoms with van der Waals surface area (Å²) in [7, 11) is 0. The van der Waals surface area contributed by atoms with Gasteiger partial charge in [-0.2, -0.15) is 0 Å². The molecule has 0 saturated carbocycles. The summed E-state index contributed by atoms with van der Waals surface area (Å²) in [5.74, 6) is 0. The number of nitrogens with one attached hydrogen (secondary N) is 2. The maximum absolute atomic E-state index is 11.9. The lowest BCUT2D eigenvalue weighted by atomic mass is 10.1. The summed E-state index contributed by atoms with van der Waals surface area (Å²) in [5, 5.41) is 12.8. The van der Waals surface area contributed by atoms with Crippen LogP contribution in [0.3, 0.4) is 0 Å². The number of aromatic amines is 1. The highest BCUT2D eigenvalue weighted by atomic mass is 16.3. The summed E-state index contributed by atoms with van der Waals surface area (Å²) in [6.45, 7) is 5.13. The van der Waals surface area contributed by atoms with Gasteiger partial charge in [0.2, 0.25) is 0 Å². The molecule has 18 heavy (non-hydrogen) atoms. The predicted molar refractivity (Wildman–Crippen MR) is 72.8 cm³/mol. The molecule has 96 valence electrons. The topological polar surface area (TPSA) is 65.1 Å². The highest BCUT2D eigenvalue weighted by molar-refractivity contribution is 5.80. The van der Waals surface area contributed by atoms with Crippen LogP contribution >= 0.6 is 0 Å². The third-order valence-electron chi connectivity index (χ3n) is 3.14. The van der Waals surface area contributed by atoms with Crippen LogP contribution in [0.25, 0.3) is 10.9 Å². The zero-order chi connectivity index (χ0) is 13.1. The van der Waals surface area contributed by atoms with Crippen LogP contribution in [0.5, 0.6) is 0 Å². The van der Waals surface area contributed by atoms with Crippen molar-refractivity contribution in [2.45, 2.75) is 20.4 Å². The van der Waals surface area contributed by atoms with Gasteiger partial charge in [0.15, 0.2) is 0 Å². The van der Waals surface area contributed by atoms with E-state index in [4.69, 9.17) is 5.11 Å². The number of aliphatic hydroxyl groups excluding tert-OH is 1. The zero-order valence-electron chi connectivity index (χ0n) is 10.7. The molecule has 0 radical (unpaired) electrons. The van der Waals surface area contributed by atoms with Crippen LogP contribution in [0.2, 0.25) is 0 Å². The molecule has 3 N–H and O–H groups in total. The molecule has 0 aliphatic rings. The van der Waals surface area contributed by atoms with Crippen LogP contribution in [0.4, 0.5) is 0 Å². The Kier molecular flexibility index (Phi) is 3.79. The second-order valence-electron chi connectivity index (χ2n) is 4.55. The standard InChI is InChI=1S/C14H18N2O2/c1-9-5-11-7-12(8-15-3-4-17)14(18)16-13(11)6-10(9)2/h5-7,15,17H,3-4,8H2,1-2H3,(H,16,18). The smallest absolute Gasteiger partial charge is 0.252 e. The molecule has 4 nitrogen and oxygen atoms in total. The Morgan fingerprint density at radius 1 is 1.22 bits per heavy atom. The molecule has 4 heteroatoms. The van der Waals surface area contributed by atoms with Gasteiger partial charge in [0.25, 0.3) is 5.56 Å². The highest BCUT2D eigenvalue weighted by Crippen LogP contribution is 2.17. The van der Waals surface area contributed by atoms with Crippen molar-refractivity contribution < 1.29 is 5.11 Å². The summed E-state index contributed by atoms with van der Waals surface area (Å²) in [6.07, 6.45) is 0. The molecule has 2 rings (SSSR count). The molecule has 0 aliphatic heterocycles. The molecule has 2 aromatic rings. The SMILES string of the molecule is Cc1cc2cc(CNCCO)c(=O)[nH]c2cc1C. The summed E-state index contributed by atoms with van der Waals surface area (Å²) in [4.78, 5) is 14.8. The van der Waals surface area contributed by atoms with E-state index in [9.17, 15) is 4.79 Å². The number of aromatic nitrogens is 1. The van der Waals surface area contributed by atoms with Gasteiger partial charge in [-0.3, -0.25) is 4.79 Å². The molecule has 0 aliphatic carbocycles. The Hall–Kier alpha value is -1.65. The molecular formula is C14H18N2O2. The Labute approximate surface area is 106 Å². The lowest BCUT2D eigenvalue weighted by Gasteiger charge is -2.07. The first-order chi connectivity index (χ1) is 8.61. The van der Waals surface area contributed by atoms with E-state index in [1.165, 1.54) is 11.1 Å². The number of aliphatic hydroxyl groups is 1. The van der Waals surface area contributed by atoms with Crippen LogP contribution in [0.15, 0.2) is 23.0 Å². The fraction of sp³-hybridized carbons (Fsp3) is 0.357. The quantitative estimate of drug-likeness (QED) is 0.711. The van der Waals surface area contributed by atoms with E-state index < -0.39 is 0 Å². The third-order valence-corrected chi connectivity index (χ3v) is 3.14. The van der Waals surface area contributed by atoms with Gasteiger partial charge < -0.3 is 15.4 Å². The number of hydrogen-bond acceptors (Lipinski definition) is 3. The van der Waals surface area contributed by atoms with Gasteiger partial charge in [-0.15, -0.1) is 0 Å². The Bertz CT molecular complexity index is 617. The fourth-order valence-electron chi connectivity index (χ4n) is 1.96. The highest BCUT2D eigenvalue weighted by Gasteiger charge is 2.04. The first-order valence-electron chi connectivity index (χ1n) is 6.06. The number of fused-ring (bicyclic) bond motifs is 1. The van der Waals surface area contributed by atoms with E-state index in [0.29, 0.717) is 18.7 Å². The first kappa shape index (κ1) is 12.8. The van der Waals surface area contributed by atoms with Crippen molar-refractivity contribution in [1.29, 1.82) is 0 Å². The minimum absolute atomic E-state index is 0.0730. The van der Waals surface area contributed by atoms with Crippen LogP contribution in [-0.2, 0) is 6.54 Å². The van der Waals surface area contributed by atoms with Crippen molar-refractivity contribution in [3.8, 4) is 0 Å². The summed E-state index contributed by atoms with van der Waals surface area (Å²) < 4.78 is 0. The van der Waals surface area contributed by atoms with Crippen molar-refractivity contribution in [2.24, 2.45) is 0 Å². The Morgan fingerprint density at radius 2 is 1.94 bits per heavy atom. The lowest BCUT2D eigenvalue weighted by molar-refractivity contribution is 0.292. The molecule has 1 aromatic heterocycles. The summed E-state index contributed by atoms with van der Waals surface area (Å²) >= 11 is 0. The number of H-pyrrole nitrogens is 1. The number of benzene rings is 1. The fourth-order valence-corrected chi connectivity index (χ4v) is 1.96. The van der Waals surface area contributed by atoms with Crippen molar-refractivity contribution in [1.82, 2.24) is 10.3 Å². The third kappa shape index (κ3) is 2.60. The predicted octanol–water partition coefficient (Wildman–Crippen LogP) is 1.23. The molecule has 0 unspecified atom stereocenters. The van der Waals surface area contributed by atoms with Gasteiger partial charge in [-0.05, 0) is 48.6 Å². The Morgan fingerprint density at radius 3 is 2.67 bits per heavy atom. The summed E-state index contributed by atoms with van der Waals surface area (Å²) in [6, 6.07) is 5.98. The number of hydrogen-bond donors (Lipinski definition) is 3. The van der Waals surface area contributed by atoms with Gasteiger partial charge in [0.05, 0.1) is 6.61 Å². The second kappa shape index (κ2) is 5.33. The van der Waals surface area contributed by atoms with Crippen LogP contribution in [-0.4, -0.2) is 23.2 Å². The van der Waals surface area contributed by atoms with Gasteiger partial charge in [0.1, 0.15) is 0 Å². The first-order valence-corrected chi connectivity index (χ1v) is 6.06. The average Bonchev–Trinajstić information content (AvgIpc) is 2.33. The lowest BCUT2D eigenvalue weighted by Crippen LogP contribution is -2.23. The van der Waals surface area contributed by atoms with Crippen molar-refractivity contribution in [3.05, 3.63) is 45.2 Å². The largest absolute Gasteiger partial charge is 0.395 e. The van der Waals surface area contributed by atoms with Crippen LogP contribution in [0, 0.1) is 13.8 Å². The molecule has 1 aromatic carbocycles. The van der Waals surface area contributed by atoms with Gasteiger partial charge in [0, 0.05) is 24.2 Å². The molecule has 1 heterocycles. The monoisotopic (exact) mass is 246 g/mol. The molecular weight excluding hydrogens is 228 g/mol. The van der Waals surface area contributed by atoms with Crippen LogP contribution in [0.1, 0.15) is 16.7 Å². The maximum Gasteiger partial charge on any atom is 0.252 e. The van der Waals surface area contributed by atoms with E-state index in [1.54, 1.807) is 0 Å². The van der Waals surface area contributed by atoms with Crippen LogP contribution < -0.4 is 10.9 Å². The Balaban J connectivity index is 2.41. The van der Waals surface area contributed by atoms with E-state index >= 15 is 0 Å². The summed E-state index contributed by atoms with van der Waals surface area (Å²) in [5.41, 5.74) is 3.87. The van der Waals surface area contributed by atoms with Gasteiger partial charge in [-0.1, -0.05) is 0 Å². The van der Waals surface area contributed by atoms with E-state index in [2.05, 4.69) is 23.3 Å². The average molecular weight is 246 g/mol. The number of pyridine rings is 1. The van der Waals surface area contributed by atoms with Crippen molar-refractivity contribution in [3.63, 3.8) is 0 Å². The van der Waals surface area contributed by atoms with Gasteiger partial charge in [-0.25, -0.2) is 0 Å². The van der Waals surface area contributed by atoms with Gasteiger partial charge >= 0.3 is 0 Å². The molecule has 0 fully saturated rings. The maximum atomic E-state index is 11.9. The molecule has 0 atom stereocenters. The second-order valence-corrected chi connectivity index (χ2v) is 4.55. The van der Waals surface area contributed by atoms with E-state index in [1.807, 2.05) is 19.1 Å². The molecule has 0 saturated heterocycles. The number of rotatable bonds is 4. The molecule has 0 amide bonds. The van der Waals surface area contributed by atoms with Crippen molar-refractivity contribution in [2.75, 3.05) is 13.2 Å². The zero-order valence-corrected chi connectivity index (χ0v) is 10.7. The minimum Gasteiger partial charge on any atom is -0.395 e. The van der Waals surface area contributed by atoms with E-state index in [0.717, 1.165) is 10.9 Å². The molecule has 0 spiro atoms. The number of aryl methyl sites for hydroxylation is 2. The normalized spacial score (nSPS) is 11.1. The van der Waals surface area contributed by atoms with Crippen molar-refractivity contribution >= 4 is 10.9 Å². The molecule has 0 bridgehead atoms.